The van der Waals surface area contributed by atoms with E-state index in [9.17, 15) is 4.79 Å². The average Bonchev–Trinajstić information content (AvgIpc) is 2.28. The van der Waals surface area contributed by atoms with Crippen molar-refractivity contribution in [2.75, 3.05) is 26.3 Å². The summed E-state index contributed by atoms with van der Waals surface area (Å²) in [5.74, 6) is 0.207. The molecule has 3 nitrogen and oxygen atoms in total. The third kappa shape index (κ3) is 3.16. The summed E-state index contributed by atoms with van der Waals surface area (Å²) in [6, 6.07) is 0. The number of rotatable bonds is 1. The Balaban J connectivity index is 2.52. The van der Waals surface area contributed by atoms with Crippen LogP contribution in [-0.4, -0.2) is 42.5 Å². The predicted octanol–water partition coefficient (Wildman–Crippen LogP) is 1.11. The fourth-order valence-electron chi connectivity index (χ4n) is 1.33. The van der Waals surface area contributed by atoms with Gasteiger partial charge in [0.15, 0.2) is 0 Å². The average molecular weight is 206 g/mol. The van der Waals surface area contributed by atoms with E-state index in [1.165, 1.54) is 0 Å². The van der Waals surface area contributed by atoms with Crippen LogP contribution in [0.3, 0.4) is 0 Å². The van der Waals surface area contributed by atoms with Gasteiger partial charge in [0.25, 0.3) is 0 Å². The zero-order chi connectivity index (χ0) is 9.84. The topological polar surface area (TPSA) is 29.5 Å². The molecule has 13 heavy (non-hydrogen) atoms. The summed E-state index contributed by atoms with van der Waals surface area (Å²) in [5, 5.41) is -0.0646. The van der Waals surface area contributed by atoms with Gasteiger partial charge < -0.3 is 9.64 Å². The Bertz CT molecular complexity index is 184. The van der Waals surface area contributed by atoms with Crippen LogP contribution in [0.5, 0.6) is 0 Å². The molecule has 0 aromatic heterocycles. The van der Waals surface area contributed by atoms with Crippen LogP contribution >= 0.6 is 11.6 Å². The zero-order valence-corrected chi connectivity index (χ0v) is 8.88. The molecule has 1 rings (SSSR count). The van der Waals surface area contributed by atoms with Crippen LogP contribution in [-0.2, 0) is 9.53 Å². The minimum atomic E-state index is -0.0646. The van der Waals surface area contributed by atoms with Gasteiger partial charge in [-0.3, -0.25) is 4.79 Å². The fraction of sp³-hybridized carbons (Fsp3) is 0.889. The van der Waals surface area contributed by atoms with Gasteiger partial charge in [-0.2, -0.15) is 0 Å². The van der Waals surface area contributed by atoms with E-state index in [2.05, 4.69) is 0 Å². The second kappa shape index (κ2) is 4.82. The Morgan fingerprint density at radius 1 is 1.62 bits per heavy atom. The Hall–Kier alpha value is -0.280. The molecule has 1 saturated heterocycles. The van der Waals surface area contributed by atoms with Crippen LogP contribution in [0.2, 0.25) is 0 Å². The first-order valence-electron chi connectivity index (χ1n) is 4.62. The van der Waals surface area contributed by atoms with Crippen LogP contribution in [0, 0.1) is 5.92 Å². The van der Waals surface area contributed by atoms with Gasteiger partial charge >= 0.3 is 0 Å². The van der Waals surface area contributed by atoms with Crippen LogP contribution < -0.4 is 0 Å². The molecule has 1 heterocycles. The van der Waals surface area contributed by atoms with Gasteiger partial charge in [-0.25, -0.2) is 0 Å². The molecular weight excluding hydrogens is 190 g/mol. The van der Waals surface area contributed by atoms with Crippen LogP contribution in [0.1, 0.15) is 13.8 Å². The molecule has 0 radical (unpaired) electrons. The highest BCUT2D eigenvalue weighted by Crippen LogP contribution is 2.09. The fourth-order valence-corrected chi connectivity index (χ4v) is 1.59. The van der Waals surface area contributed by atoms with Gasteiger partial charge in [0, 0.05) is 19.0 Å². The van der Waals surface area contributed by atoms with Crippen LogP contribution in [0.4, 0.5) is 0 Å². The number of hydrogen-bond acceptors (Lipinski definition) is 2. The molecule has 0 saturated carbocycles. The molecule has 0 spiro atoms. The van der Waals surface area contributed by atoms with Crippen molar-refractivity contribution in [3.05, 3.63) is 0 Å². The number of halogens is 1. The Labute approximate surface area is 84.0 Å². The second-order valence-electron chi connectivity index (χ2n) is 3.61. The molecule has 0 bridgehead atoms. The van der Waals surface area contributed by atoms with E-state index in [0.717, 1.165) is 0 Å². The van der Waals surface area contributed by atoms with E-state index in [4.69, 9.17) is 16.3 Å². The van der Waals surface area contributed by atoms with Crippen molar-refractivity contribution in [2.24, 2.45) is 5.92 Å². The molecule has 1 amide bonds. The Kier molecular flexibility index (Phi) is 4.00. The third-order valence-electron chi connectivity index (χ3n) is 2.03. The molecule has 0 aliphatic carbocycles. The van der Waals surface area contributed by atoms with E-state index in [-0.39, 0.29) is 17.2 Å². The monoisotopic (exact) mass is 205 g/mol. The maximum absolute atomic E-state index is 11.6. The van der Waals surface area contributed by atoms with Crippen LogP contribution in [0.15, 0.2) is 0 Å². The summed E-state index contributed by atoms with van der Waals surface area (Å²) in [6.45, 7) is 6.22. The van der Waals surface area contributed by atoms with Crippen molar-refractivity contribution >= 4 is 17.5 Å². The lowest BCUT2D eigenvalue weighted by Gasteiger charge is -2.22. The highest BCUT2D eigenvalue weighted by molar-refractivity contribution is 6.21. The number of amides is 1. The summed E-state index contributed by atoms with van der Waals surface area (Å²) in [6.07, 6.45) is 0. The SMILES string of the molecule is CC(C)C(=O)N1CCOCC(Cl)C1. The van der Waals surface area contributed by atoms with Gasteiger partial charge in [0.2, 0.25) is 5.91 Å². The van der Waals surface area contributed by atoms with Gasteiger partial charge in [-0.05, 0) is 0 Å². The van der Waals surface area contributed by atoms with E-state index in [0.29, 0.717) is 26.3 Å². The normalized spacial score (nSPS) is 24.6. The van der Waals surface area contributed by atoms with E-state index >= 15 is 0 Å². The quantitative estimate of drug-likeness (QED) is 0.601. The summed E-state index contributed by atoms with van der Waals surface area (Å²) in [7, 11) is 0. The number of hydrogen-bond donors (Lipinski definition) is 0. The third-order valence-corrected chi connectivity index (χ3v) is 2.29. The summed E-state index contributed by atoms with van der Waals surface area (Å²) >= 11 is 5.95. The predicted molar refractivity (Wildman–Crippen MR) is 51.9 cm³/mol. The van der Waals surface area contributed by atoms with Crippen molar-refractivity contribution in [3.63, 3.8) is 0 Å². The first-order chi connectivity index (χ1) is 6.11. The molecule has 1 unspecified atom stereocenters. The maximum Gasteiger partial charge on any atom is 0.225 e. The number of nitrogens with zero attached hydrogens (tertiary/aromatic N) is 1. The number of ether oxygens (including phenoxy) is 1. The minimum Gasteiger partial charge on any atom is -0.378 e. The molecule has 1 atom stereocenters. The summed E-state index contributed by atoms with van der Waals surface area (Å²) in [5.41, 5.74) is 0. The largest absolute Gasteiger partial charge is 0.378 e. The highest BCUT2D eigenvalue weighted by Gasteiger charge is 2.22. The molecule has 1 aliphatic rings. The molecule has 76 valence electrons. The van der Waals surface area contributed by atoms with E-state index < -0.39 is 0 Å². The summed E-state index contributed by atoms with van der Waals surface area (Å²) in [4.78, 5) is 13.4. The molecule has 0 aromatic rings. The lowest BCUT2D eigenvalue weighted by Crippen LogP contribution is -2.38. The maximum atomic E-state index is 11.6. The minimum absolute atomic E-state index is 0.0435. The molecule has 0 N–H and O–H groups in total. The molecular formula is C9H16ClNO2. The lowest BCUT2D eigenvalue weighted by atomic mass is 10.2. The molecule has 4 heteroatoms. The van der Waals surface area contributed by atoms with Crippen molar-refractivity contribution in [1.29, 1.82) is 0 Å². The van der Waals surface area contributed by atoms with Crippen LogP contribution in [0.25, 0.3) is 0 Å². The number of alkyl halides is 1. The lowest BCUT2D eigenvalue weighted by molar-refractivity contribution is -0.134. The van der Waals surface area contributed by atoms with Gasteiger partial charge in [0.05, 0.1) is 18.6 Å². The molecule has 1 fully saturated rings. The van der Waals surface area contributed by atoms with Crippen molar-refractivity contribution < 1.29 is 9.53 Å². The van der Waals surface area contributed by atoms with Crippen molar-refractivity contribution in [2.45, 2.75) is 19.2 Å². The van der Waals surface area contributed by atoms with E-state index in [1.807, 2.05) is 13.8 Å². The van der Waals surface area contributed by atoms with Gasteiger partial charge in [-0.1, -0.05) is 13.8 Å². The molecule has 1 aliphatic heterocycles. The Morgan fingerprint density at radius 3 is 2.92 bits per heavy atom. The Morgan fingerprint density at radius 2 is 2.31 bits per heavy atom. The number of carbonyl (C=O) groups is 1. The first-order valence-corrected chi connectivity index (χ1v) is 5.05. The second-order valence-corrected chi connectivity index (χ2v) is 4.23. The summed E-state index contributed by atoms with van der Waals surface area (Å²) < 4.78 is 5.24. The van der Waals surface area contributed by atoms with Crippen molar-refractivity contribution in [1.82, 2.24) is 4.90 Å². The smallest absolute Gasteiger partial charge is 0.225 e. The molecule has 0 aromatic carbocycles. The standard InChI is InChI=1S/C9H16ClNO2/c1-7(2)9(12)11-3-4-13-6-8(10)5-11/h7-8H,3-6H2,1-2H3. The van der Waals surface area contributed by atoms with Gasteiger partial charge in [-0.15, -0.1) is 11.6 Å². The van der Waals surface area contributed by atoms with Crippen molar-refractivity contribution in [3.8, 4) is 0 Å². The first kappa shape index (κ1) is 10.8. The highest BCUT2D eigenvalue weighted by atomic mass is 35.5. The van der Waals surface area contributed by atoms with E-state index in [1.54, 1.807) is 4.90 Å². The zero-order valence-electron chi connectivity index (χ0n) is 8.12. The van der Waals surface area contributed by atoms with Gasteiger partial charge in [0.1, 0.15) is 0 Å². The number of carbonyl (C=O) groups excluding carboxylic acids is 1.